The van der Waals surface area contributed by atoms with E-state index in [2.05, 4.69) is 11.4 Å². The van der Waals surface area contributed by atoms with E-state index in [-0.39, 0.29) is 0 Å². The van der Waals surface area contributed by atoms with E-state index in [9.17, 15) is 0 Å². The second-order valence-corrected chi connectivity index (χ2v) is 2.16. The molecule has 3 heteroatoms. The molecule has 0 unspecified atom stereocenters. The molecule has 3 nitrogen and oxygen atoms in total. The molecule has 0 atom stereocenters. The molecule has 2 rings (SSSR count). The Morgan fingerprint density at radius 1 is 1.55 bits per heavy atom. The number of hydrogen-bond donors (Lipinski definition) is 0. The molecule has 0 aliphatic rings. The smallest absolute Gasteiger partial charge is 0.171 e. The molecular formula is C8H6NO2. The third kappa shape index (κ3) is 0.941. The molecule has 0 saturated carbocycles. The highest BCUT2D eigenvalue weighted by atomic mass is 16.5. The molecule has 0 aliphatic heterocycles. The van der Waals surface area contributed by atoms with Gasteiger partial charge >= 0.3 is 0 Å². The van der Waals surface area contributed by atoms with Gasteiger partial charge in [-0.25, -0.2) is 0 Å². The minimum Gasteiger partial charge on any atom is -0.497 e. The Balaban J connectivity index is 2.67. The number of methoxy groups -OCH3 is 1. The fourth-order valence-electron chi connectivity index (χ4n) is 0.919. The molecule has 0 amide bonds. The molecule has 1 radical (unpaired) electrons. The fourth-order valence-corrected chi connectivity index (χ4v) is 0.919. The average molecular weight is 148 g/mol. The third-order valence-electron chi connectivity index (χ3n) is 1.50. The van der Waals surface area contributed by atoms with Gasteiger partial charge in [0.2, 0.25) is 0 Å². The molecule has 2 aromatic rings. The Bertz CT molecular complexity index is 367. The van der Waals surface area contributed by atoms with Crippen LogP contribution >= 0.6 is 0 Å². The van der Waals surface area contributed by atoms with E-state index in [1.54, 1.807) is 13.2 Å². The SMILES string of the molecule is COc1ccc2[c]noc2c1. The Hall–Kier alpha value is -1.51. The highest BCUT2D eigenvalue weighted by Crippen LogP contribution is 2.18. The van der Waals surface area contributed by atoms with E-state index in [0.29, 0.717) is 5.58 Å². The van der Waals surface area contributed by atoms with E-state index >= 15 is 0 Å². The highest BCUT2D eigenvalue weighted by molar-refractivity contribution is 5.76. The van der Waals surface area contributed by atoms with Crippen molar-refractivity contribution in [1.82, 2.24) is 5.16 Å². The number of nitrogens with zero attached hydrogens (tertiary/aromatic N) is 1. The van der Waals surface area contributed by atoms with Crippen LogP contribution in [0.4, 0.5) is 0 Å². The Kier molecular flexibility index (Phi) is 1.28. The van der Waals surface area contributed by atoms with Crippen LogP contribution < -0.4 is 4.74 Å². The van der Waals surface area contributed by atoms with Gasteiger partial charge in [0, 0.05) is 6.07 Å². The Labute approximate surface area is 63.6 Å². The lowest BCUT2D eigenvalue weighted by Crippen LogP contribution is -1.79. The molecule has 0 spiro atoms. The number of fused-ring (bicyclic) bond motifs is 1. The lowest BCUT2D eigenvalue weighted by Gasteiger charge is -1.95. The van der Waals surface area contributed by atoms with E-state index < -0.39 is 0 Å². The number of ether oxygens (including phenoxy) is 1. The highest BCUT2D eigenvalue weighted by Gasteiger charge is 1.99. The summed E-state index contributed by atoms with van der Waals surface area (Å²) in [5.41, 5.74) is 0.698. The van der Waals surface area contributed by atoms with Gasteiger partial charge in [0.05, 0.1) is 12.5 Å². The molecule has 0 saturated heterocycles. The fraction of sp³-hybridized carbons (Fsp3) is 0.125. The largest absolute Gasteiger partial charge is 0.497 e. The summed E-state index contributed by atoms with van der Waals surface area (Å²) in [6, 6.07) is 5.47. The minimum absolute atomic E-state index is 0.698. The first-order chi connectivity index (χ1) is 5.40. The summed E-state index contributed by atoms with van der Waals surface area (Å²) in [7, 11) is 1.61. The standard InChI is InChI=1S/C8H6NO2/c1-10-7-3-2-6-5-9-11-8(6)4-7/h2-4H,1H3. The first-order valence-corrected chi connectivity index (χ1v) is 3.21. The number of rotatable bonds is 1. The molecular weight excluding hydrogens is 142 g/mol. The van der Waals surface area contributed by atoms with Gasteiger partial charge in [-0.1, -0.05) is 5.16 Å². The van der Waals surface area contributed by atoms with Gasteiger partial charge < -0.3 is 9.26 Å². The summed E-state index contributed by atoms with van der Waals surface area (Å²) in [6.07, 6.45) is 2.70. The van der Waals surface area contributed by atoms with Crippen molar-refractivity contribution in [3.05, 3.63) is 24.4 Å². The summed E-state index contributed by atoms with van der Waals surface area (Å²) in [4.78, 5) is 0. The van der Waals surface area contributed by atoms with Crippen molar-refractivity contribution in [2.45, 2.75) is 0 Å². The molecule has 1 aromatic carbocycles. The summed E-state index contributed by atoms with van der Waals surface area (Å²) in [6.45, 7) is 0. The lowest BCUT2D eigenvalue weighted by molar-refractivity contribution is 0.411. The Morgan fingerprint density at radius 2 is 2.45 bits per heavy atom. The van der Waals surface area contributed by atoms with Crippen molar-refractivity contribution in [2.24, 2.45) is 0 Å². The summed E-state index contributed by atoms with van der Waals surface area (Å²) in [5, 5.41) is 4.39. The van der Waals surface area contributed by atoms with E-state index in [1.807, 2.05) is 12.1 Å². The summed E-state index contributed by atoms with van der Waals surface area (Å²) >= 11 is 0. The number of benzene rings is 1. The van der Waals surface area contributed by atoms with Gasteiger partial charge in [0.1, 0.15) is 11.9 Å². The number of hydrogen-bond acceptors (Lipinski definition) is 3. The van der Waals surface area contributed by atoms with Crippen LogP contribution in [0.5, 0.6) is 5.75 Å². The van der Waals surface area contributed by atoms with Crippen LogP contribution in [-0.4, -0.2) is 12.3 Å². The van der Waals surface area contributed by atoms with Crippen LogP contribution in [-0.2, 0) is 0 Å². The van der Waals surface area contributed by atoms with Gasteiger partial charge in [-0.3, -0.25) is 0 Å². The summed E-state index contributed by atoms with van der Waals surface area (Å²) < 4.78 is 9.86. The van der Waals surface area contributed by atoms with Crippen molar-refractivity contribution >= 4 is 11.0 Å². The van der Waals surface area contributed by atoms with Crippen molar-refractivity contribution in [3.8, 4) is 5.75 Å². The third-order valence-corrected chi connectivity index (χ3v) is 1.50. The van der Waals surface area contributed by atoms with Crippen LogP contribution in [0.1, 0.15) is 0 Å². The first-order valence-electron chi connectivity index (χ1n) is 3.21. The quantitative estimate of drug-likeness (QED) is 0.616. The van der Waals surface area contributed by atoms with Crippen molar-refractivity contribution in [3.63, 3.8) is 0 Å². The van der Waals surface area contributed by atoms with Gasteiger partial charge in [0.25, 0.3) is 0 Å². The van der Waals surface area contributed by atoms with E-state index in [1.165, 1.54) is 0 Å². The topological polar surface area (TPSA) is 35.3 Å². The second-order valence-electron chi connectivity index (χ2n) is 2.16. The predicted octanol–water partition coefficient (Wildman–Crippen LogP) is 1.64. The Morgan fingerprint density at radius 3 is 3.27 bits per heavy atom. The molecule has 55 valence electrons. The average Bonchev–Trinajstić information content (AvgIpc) is 2.50. The van der Waals surface area contributed by atoms with Gasteiger partial charge in [-0.05, 0) is 12.1 Å². The van der Waals surface area contributed by atoms with Gasteiger partial charge in [-0.2, -0.15) is 0 Å². The second kappa shape index (κ2) is 2.27. The van der Waals surface area contributed by atoms with Crippen molar-refractivity contribution < 1.29 is 9.26 Å². The monoisotopic (exact) mass is 148 g/mol. The zero-order valence-corrected chi connectivity index (χ0v) is 6.00. The van der Waals surface area contributed by atoms with Gasteiger partial charge in [0.15, 0.2) is 5.58 Å². The maximum Gasteiger partial charge on any atom is 0.171 e. The first kappa shape index (κ1) is 6.22. The van der Waals surface area contributed by atoms with Crippen molar-refractivity contribution in [1.29, 1.82) is 0 Å². The normalized spacial score (nSPS) is 10.3. The molecule has 1 aromatic heterocycles. The molecule has 1 heterocycles. The maximum absolute atomic E-state index is 4.99. The molecule has 0 aliphatic carbocycles. The zero-order valence-electron chi connectivity index (χ0n) is 6.00. The predicted molar refractivity (Wildman–Crippen MR) is 39.4 cm³/mol. The van der Waals surface area contributed by atoms with E-state index in [0.717, 1.165) is 11.1 Å². The maximum atomic E-state index is 4.99. The van der Waals surface area contributed by atoms with Gasteiger partial charge in [-0.15, -0.1) is 0 Å². The van der Waals surface area contributed by atoms with Crippen LogP contribution in [0.2, 0.25) is 0 Å². The van der Waals surface area contributed by atoms with Crippen LogP contribution in [0.15, 0.2) is 22.7 Å². The van der Waals surface area contributed by atoms with Crippen LogP contribution in [0, 0.1) is 6.20 Å². The molecule has 0 bridgehead atoms. The molecule has 11 heavy (non-hydrogen) atoms. The minimum atomic E-state index is 0.698. The summed E-state index contributed by atoms with van der Waals surface area (Å²) in [5.74, 6) is 0.766. The molecule has 0 N–H and O–H groups in total. The molecule has 0 fully saturated rings. The van der Waals surface area contributed by atoms with E-state index in [4.69, 9.17) is 9.26 Å². The zero-order chi connectivity index (χ0) is 7.68. The van der Waals surface area contributed by atoms with Crippen LogP contribution in [0.3, 0.4) is 0 Å². The number of aromatic nitrogens is 1. The van der Waals surface area contributed by atoms with Crippen molar-refractivity contribution in [2.75, 3.05) is 7.11 Å². The lowest BCUT2D eigenvalue weighted by atomic mass is 10.2. The van der Waals surface area contributed by atoms with Crippen LogP contribution in [0.25, 0.3) is 11.0 Å².